The van der Waals surface area contributed by atoms with Gasteiger partial charge < -0.3 is 15.4 Å². The molecule has 0 atom stereocenters. The van der Waals surface area contributed by atoms with Crippen LogP contribution in [0.1, 0.15) is 32.1 Å². The van der Waals surface area contributed by atoms with E-state index in [-0.39, 0.29) is 0 Å². The Morgan fingerprint density at radius 3 is 2.77 bits per heavy atom. The standard InChI is InChI=1S/C17H22N4O/c1-22-13-6-4-5-12-14(13)15(18)20-16(19-12)21-10-9-17(11-21)7-2-3-8-17/h4-6H,2-3,7-11H2,1H3,(H2,18,19,20). The number of fused-ring (bicyclic) bond motifs is 1. The fourth-order valence-electron chi connectivity index (χ4n) is 4.12. The molecule has 1 saturated carbocycles. The molecule has 0 bridgehead atoms. The Morgan fingerprint density at radius 1 is 1.18 bits per heavy atom. The van der Waals surface area contributed by atoms with Gasteiger partial charge in [0.1, 0.15) is 11.6 Å². The Morgan fingerprint density at radius 2 is 2.00 bits per heavy atom. The second-order valence-electron chi connectivity index (χ2n) is 6.64. The van der Waals surface area contributed by atoms with Crippen LogP contribution in [0.4, 0.5) is 11.8 Å². The molecule has 2 aliphatic rings. The van der Waals surface area contributed by atoms with Crippen molar-refractivity contribution in [2.45, 2.75) is 32.1 Å². The lowest BCUT2D eigenvalue weighted by atomic mass is 9.86. The first-order valence-corrected chi connectivity index (χ1v) is 8.06. The lowest BCUT2D eigenvalue weighted by molar-refractivity contribution is 0.340. The second kappa shape index (κ2) is 5.00. The minimum Gasteiger partial charge on any atom is -0.496 e. The van der Waals surface area contributed by atoms with Crippen molar-refractivity contribution in [3.8, 4) is 5.75 Å². The van der Waals surface area contributed by atoms with E-state index >= 15 is 0 Å². The largest absolute Gasteiger partial charge is 0.496 e. The van der Waals surface area contributed by atoms with Crippen molar-refractivity contribution in [1.82, 2.24) is 9.97 Å². The zero-order valence-electron chi connectivity index (χ0n) is 13.0. The summed E-state index contributed by atoms with van der Waals surface area (Å²) < 4.78 is 5.38. The highest BCUT2D eigenvalue weighted by Crippen LogP contribution is 2.46. The number of ether oxygens (including phenoxy) is 1. The summed E-state index contributed by atoms with van der Waals surface area (Å²) in [5.74, 6) is 2.00. The number of nitrogen functional groups attached to an aromatic ring is 1. The molecule has 0 unspecified atom stereocenters. The summed E-state index contributed by atoms with van der Waals surface area (Å²) in [6, 6.07) is 5.81. The van der Waals surface area contributed by atoms with Gasteiger partial charge in [0, 0.05) is 13.1 Å². The summed E-state index contributed by atoms with van der Waals surface area (Å²) in [5.41, 5.74) is 7.55. The molecule has 0 amide bonds. The van der Waals surface area contributed by atoms with Crippen molar-refractivity contribution in [2.75, 3.05) is 30.8 Å². The van der Waals surface area contributed by atoms with Crippen molar-refractivity contribution in [3.63, 3.8) is 0 Å². The molecule has 2 N–H and O–H groups in total. The fourth-order valence-corrected chi connectivity index (χ4v) is 4.12. The van der Waals surface area contributed by atoms with E-state index in [1.807, 2.05) is 18.2 Å². The van der Waals surface area contributed by atoms with E-state index < -0.39 is 0 Å². The number of benzene rings is 1. The average molecular weight is 298 g/mol. The average Bonchev–Trinajstić information content (AvgIpc) is 3.17. The predicted octanol–water partition coefficient (Wildman–Crippen LogP) is 2.99. The van der Waals surface area contributed by atoms with Crippen molar-refractivity contribution >= 4 is 22.7 Å². The lowest BCUT2D eigenvalue weighted by Gasteiger charge is -2.23. The molecular formula is C17H22N4O. The lowest BCUT2D eigenvalue weighted by Crippen LogP contribution is -2.26. The highest BCUT2D eigenvalue weighted by Gasteiger charge is 2.41. The molecule has 1 aliphatic heterocycles. The maximum Gasteiger partial charge on any atom is 0.227 e. The molecule has 1 saturated heterocycles. The van der Waals surface area contributed by atoms with Crippen LogP contribution in [0.15, 0.2) is 18.2 Å². The van der Waals surface area contributed by atoms with Crippen molar-refractivity contribution < 1.29 is 4.74 Å². The molecule has 0 radical (unpaired) electrons. The number of nitrogens with zero attached hydrogens (tertiary/aromatic N) is 3. The van der Waals surface area contributed by atoms with Crippen LogP contribution in [0.25, 0.3) is 10.9 Å². The van der Waals surface area contributed by atoms with Crippen LogP contribution in [0.3, 0.4) is 0 Å². The molecule has 2 fully saturated rings. The van der Waals surface area contributed by atoms with Crippen LogP contribution in [0.2, 0.25) is 0 Å². The van der Waals surface area contributed by atoms with E-state index in [9.17, 15) is 0 Å². The number of nitrogens with two attached hydrogens (primary N) is 1. The summed E-state index contributed by atoms with van der Waals surface area (Å²) in [6.45, 7) is 2.11. The highest BCUT2D eigenvalue weighted by molar-refractivity contribution is 5.94. The van der Waals surface area contributed by atoms with Crippen molar-refractivity contribution in [2.24, 2.45) is 5.41 Å². The maximum atomic E-state index is 6.19. The molecule has 5 heteroatoms. The quantitative estimate of drug-likeness (QED) is 0.923. The molecular weight excluding hydrogens is 276 g/mol. The SMILES string of the molecule is COc1cccc2nc(N3CCC4(CCCC4)C3)nc(N)c12. The van der Waals surface area contributed by atoms with Crippen molar-refractivity contribution in [1.29, 1.82) is 0 Å². The number of methoxy groups -OCH3 is 1. The van der Waals surface area contributed by atoms with Crippen LogP contribution in [0, 0.1) is 5.41 Å². The molecule has 1 spiro atoms. The van der Waals surface area contributed by atoms with Gasteiger partial charge in [-0.05, 0) is 36.8 Å². The van der Waals surface area contributed by atoms with Crippen LogP contribution >= 0.6 is 0 Å². The van der Waals surface area contributed by atoms with E-state index in [1.54, 1.807) is 7.11 Å². The zero-order chi connectivity index (χ0) is 15.2. The van der Waals surface area contributed by atoms with Gasteiger partial charge in [0.25, 0.3) is 0 Å². The fraction of sp³-hybridized carbons (Fsp3) is 0.529. The number of aromatic nitrogens is 2. The van der Waals surface area contributed by atoms with Gasteiger partial charge in [-0.1, -0.05) is 18.9 Å². The Labute approximate surface area is 130 Å². The van der Waals surface area contributed by atoms with Gasteiger partial charge in [0.2, 0.25) is 5.95 Å². The smallest absolute Gasteiger partial charge is 0.227 e. The van der Waals surface area contributed by atoms with Crippen LogP contribution in [-0.2, 0) is 0 Å². The van der Waals surface area contributed by atoms with Gasteiger partial charge in [-0.15, -0.1) is 0 Å². The Hall–Kier alpha value is -2.04. The molecule has 22 heavy (non-hydrogen) atoms. The molecule has 1 aromatic carbocycles. The maximum absolute atomic E-state index is 6.19. The van der Waals surface area contributed by atoms with Crippen LogP contribution in [-0.4, -0.2) is 30.2 Å². The third-order valence-electron chi connectivity index (χ3n) is 5.31. The normalized spacial score (nSPS) is 20.1. The Bertz CT molecular complexity index is 709. The third kappa shape index (κ3) is 2.07. The molecule has 1 aromatic heterocycles. The molecule has 1 aliphatic carbocycles. The number of rotatable bonds is 2. The molecule has 2 aromatic rings. The number of hydrogen-bond acceptors (Lipinski definition) is 5. The zero-order valence-corrected chi connectivity index (χ0v) is 13.0. The third-order valence-corrected chi connectivity index (χ3v) is 5.31. The number of hydrogen-bond donors (Lipinski definition) is 1. The van der Waals surface area contributed by atoms with Crippen molar-refractivity contribution in [3.05, 3.63) is 18.2 Å². The van der Waals surface area contributed by atoms with E-state index in [2.05, 4.69) is 9.88 Å². The number of anilines is 2. The predicted molar refractivity (Wildman–Crippen MR) is 88.2 cm³/mol. The summed E-state index contributed by atoms with van der Waals surface area (Å²) in [7, 11) is 1.65. The van der Waals surface area contributed by atoms with E-state index in [1.165, 1.54) is 32.1 Å². The van der Waals surface area contributed by atoms with Crippen LogP contribution < -0.4 is 15.4 Å². The van der Waals surface area contributed by atoms with E-state index in [0.29, 0.717) is 11.2 Å². The van der Waals surface area contributed by atoms with E-state index in [4.69, 9.17) is 15.5 Å². The first-order valence-electron chi connectivity index (χ1n) is 8.06. The minimum atomic E-state index is 0.501. The van der Waals surface area contributed by atoms with Gasteiger partial charge in [-0.2, -0.15) is 4.98 Å². The molecule has 2 heterocycles. The summed E-state index contributed by atoms with van der Waals surface area (Å²) in [6.07, 6.45) is 6.69. The molecule has 5 nitrogen and oxygen atoms in total. The van der Waals surface area contributed by atoms with Gasteiger partial charge in [-0.25, -0.2) is 4.98 Å². The monoisotopic (exact) mass is 298 g/mol. The van der Waals surface area contributed by atoms with Gasteiger partial charge >= 0.3 is 0 Å². The first-order chi connectivity index (χ1) is 10.7. The topological polar surface area (TPSA) is 64.3 Å². The minimum absolute atomic E-state index is 0.501. The molecule has 116 valence electrons. The first kappa shape index (κ1) is 13.6. The second-order valence-corrected chi connectivity index (χ2v) is 6.64. The Balaban J connectivity index is 1.71. The van der Waals surface area contributed by atoms with Gasteiger partial charge in [-0.3, -0.25) is 0 Å². The summed E-state index contributed by atoms with van der Waals surface area (Å²) in [5, 5.41) is 0.809. The van der Waals surface area contributed by atoms with Crippen LogP contribution in [0.5, 0.6) is 5.75 Å². The van der Waals surface area contributed by atoms with E-state index in [0.717, 1.165) is 35.7 Å². The summed E-state index contributed by atoms with van der Waals surface area (Å²) >= 11 is 0. The van der Waals surface area contributed by atoms with Gasteiger partial charge in [0.05, 0.1) is 18.0 Å². The summed E-state index contributed by atoms with van der Waals surface area (Å²) in [4.78, 5) is 11.6. The molecule has 4 rings (SSSR count). The van der Waals surface area contributed by atoms with Gasteiger partial charge in [0.15, 0.2) is 0 Å². The Kier molecular flexibility index (Phi) is 3.10. The highest BCUT2D eigenvalue weighted by atomic mass is 16.5.